The van der Waals surface area contributed by atoms with E-state index >= 15 is 0 Å². The summed E-state index contributed by atoms with van der Waals surface area (Å²) in [5, 5.41) is 3.60. The minimum Gasteiger partial charge on any atom is -0.465 e. The van der Waals surface area contributed by atoms with E-state index < -0.39 is 5.97 Å². The van der Waals surface area contributed by atoms with Crippen LogP contribution in [0.15, 0.2) is 39.5 Å². The second-order valence-corrected chi connectivity index (χ2v) is 3.98. The topological polar surface area (TPSA) is 52.3 Å². The molecule has 0 saturated heterocycles. The van der Waals surface area contributed by atoms with Gasteiger partial charge in [0.2, 0.25) is 0 Å². The van der Waals surface area contributed by atoms with Crippen LogP contribution in [0, 0.1) is 0 Å². The molecule has 5 heteroatoms. The number of carbonyl (C=O) groups is 1. The molecule has 2 aromatic rings. The lowest BCUT2D eigenvalue weighted by molar-refractivity contribution is 0.0601. The molecule has 4 nitrogen and oxygen atoms in total. The number of aromatic nitrogens is 1. The van der Waals surface area contributed by atoms with Crippen molar-refractivity contribution >= 4 is 21.9 Å². The third-order valence-corrected chi connectivity index (χ3v) is 2.61. The fraction of sp³-hybridized carbons (Fsp3) is 0.0909. The van der Waals surface area contributed by atoms with E-state index in [1.54, 1.807) is 0 Å². The molecule has 0 amide bonds. The number of hydrogen-bond donors (Lipinski definition) is 0. The third-order valence-electron chi connectivity index (χ3n) is 2.08. The zero-order chi connectivity index (χ0) is 11.5. The van der Waals surface area contributed by atoms with E-state index in [0.29, 0.717) is 11.3 Å². The standard InChI is InChI=1S/C11H8BrNO3/c1-15-11(14)9-6-13-16-10(9)7-2-4-8(12)5-3-7/h2-6H,1H3. The molecule has 0 radical (unpaired) electrons. The summed E-state index contributed by atoms with van der Waals surface area (Å²) < 4.78 is 10.6. The van der Waals surface area contributed by atoms with Crippen LogP contribution in [-0.2, 0) is 4.74 Å². The fourth-order valence-corrected chi connectivity index (χ4v) is 1.57. The lowest BCUT2D eigenvalue weighted by Gasteiger charge is -1.99. The summed E-state index contributed by atoms with van der Waals surface area (Å²) in [5.41, 5.74) is 1.10. The minimum atomic E-state index is -0.459. The molecule has 0 aliphatic carbocycles. The van der Waals surface area contributed by atoms with Gasteiger partial charge in [0, 0.05) is 10.0 Å². The molecule has 1 heterocycles. The first-order chi connectivity index (χ1) is 7.72. The Bertz CT molecular complexity index is 504. The Balaban J connectivity index is 2.44. The largest absolute Gasteiger partial charge is 0.465 e. The molecule has 0 unspecified atom stereocenters. The van der Waals surface area contributed by atoms with Gasteiger partial charge in [0.1, 0.15) is 5.56 Å². The van der Waals surface area contributed by atoms with Crippen LogP contribution in [0.5, 0.6) is 0 Å². The fourth-order valence-electron chi connectivity index (χ4n) is 1.30. The Morgan fingerprint density at radius 3 is 2.69 bits per heavy atom. The lowest BCUT2D eigenvalue weighted by Crippen LogP contribution is -2.00. The van der Waals surface area contributed by atoms with Crippen molar-refractivity contribution in [3.63, 3.8) is 0 Å². The van der Waals surface area contributed by atoms with Gasteiger partial charge in [-0.3, -0.25) is 0 Å². The Morgan fingerprint density at radius 2 is 2.06 bits per heavy atom. The van der Waals surface area contributed by atoms with Crippen LogP contribution in [0.2, 0.25) is 0 Å². The molecule has 0 atom stereocenters. The SMILES string of the molecule is COC(=O)c1cnoc1-c1ccc(Br)cc1. The van der Waals surface area contributed by atoms with Crippen LogP contribution >= 0.6 is 15.9 Å². The second-order valence-electron chi connectivity index (χ2n) is 3.07. The highest BCUT2D eigenvalue weighted by Gasteiger charge is 2.17. The maximum Gasteiger partial charge on any atom is 0.343 e. The molecule has 0 fully saturated rings. The van der Waals surface area contributed by atoms with Gasteiger partial charge in [-0.2, -0.15) is 0 Å². The van der Waals surface area contributed by atoms with Crippen molar-refractivity contribution in [1.82, 2.24) is 5.16 Å². The maximum absolute atomic E-state index is 11.4. The third kappa shape index (κ3) is 1.99. The van der Waals surface area contributed by atoms with E-state index in [1.165, 1.54) is 13.3 Å². The Hall–Kier alpha value is -1.62. The quantitative estimate of drug-likeness (QED) is 0.795. The average molecular weight is 282 g/mol. The number of hydrogen-bond acceptors (Lipinski definition) is 4. The predicted octanol–water partition coefficient (Wildman–Crippen LogP) is 2.89. The highest BCUT2D eigenvalue weighted by atomic mass is 79.9. The number of rotatable bonds is 2. The summed E-state index contributed by atoms with van der Waals surface area (Å²) in [6, 6.07) is 7.38. The van der Waals surface area contributed by atoms with E-state index in [4.69, 9.17) is 4.52 Å². The molecule has 1 aromatic heterocycles. The first-order valence-electron chi connectivity index (χ1n) is 4.51. The molecule has 16 heavy (non-hydrogen) atoms. The van der Waals surface area contributed by atoms with Crippen molar-refractivity contribution in [1.29, 1.82) is 0 Å². The number of carbonyl (C=O) groups excluding carboxylic acids is 1. The van der Waals surface area contributed by atoms with Crippen LogP contribution in [0.3, 0.4) is 0 Å². The number of methoxy groups -OCH3 is 1. The summed E-state index contributed by atoms with van der Waals surface area (Å²) in [4.78, 5) is 11.4. The molecule has 0 spiro atoms. The molecule has 0 aliphatic rings. The van der Waals surface area contributed by atoms with E-state index in [0.717, 1.165) is 10.0 Å². The molecule has 2 rings (SSSR count). The van der Waals surface area contributed by atoms with Crippen molar-refractivity contribution in [3.8, 4) is 11.3 Å². The monoisotopic (exact) mass is 281 g/mol. The Kier molecular flexibility index (Phi) is 3.05. The van der Waals surface area contributed by atoms with Gasteiger partial charge < -0.3 is 9.26 Å². The van der Waals surface area contributed by atoms with Crippen LogP contribution < -0.4 is 0 Å². The molecular weight excluding hydrogens is 274 g/mol. The van der Waals surface area contributed by atoms with Gasteiger partial charge in [-0.15, -0.1) is 0 Å². The molecule has 1 aromatic carbocycles. The molecule has 82 valence electrons. The van der Waals surface area contributed by atoms with Gasteiger partial charge in [-0.25, -0.2) is 4.79 Å². The number of ether oxygens (including phenoxy) is 1. The highest BCUT2D eigenvalue weighted by molar-refractivity contribution is 9.10. The van der Waals surface area contributed by atoms with Crippen LogP contribution in [0.1, 0.15) is 10.4 Å². The molecule has 0 aliphatic heterocycles. The van der Waals surface area contributed by atoms with Crippen LogP contribution in [0.25, 0.3) is 11.3 Å². The summed E-state index contributed by atoms with van der Waals surface area (Å²) in [6.45, 7) is 0. The van der Waals surface area contributed by atoms with Gasteiger partial charge in [0.15, 0.2) is 5.76 Å². The van der Waals surface area contributed by atoms with Crippen molar-refractivity contribution in [2.24, 2.45) is 0 Å². The van der Waals surface area contributed by atoms with E-state index in [2.05, 4.69) is 25.8 Å². The smallest absolute Gasteiger partial charge is 0.343 e. The van der Waals surface area contributed by atoms with Gasteiger partial charge in [-0.1, -0.05) is 21.1 Å². The lowest BCUT2D eigenvalue weighted by atomic mass is 10.1. The summed E-state index contributed by atoms with van der Waals surface area (Å²) in [7, 11) is 1.32. The van der Waals surface area contributed by atoms with E-state index in [1.807, 2.05) is 24.3 Å². The number of nitrogens with zero attached hydrogens (tertiary/aromatic N) is 1. The summed E-state index contributed by atoms with van der Waals surface area (Å²) in [5.74, 6) is -0.0430. The summed E-state index contributed by atoms with van der Waals surface area (Å²) >= 11 is 3.33. The first kappa shape index (κ1) is 10.9. The minimum absolute atomic E-state index is 0.324. The molecule has 0 bridgehead atoms. The highest BCUT2D eigenvalue weighted by Crippen LogP contribution is 2.25. The zero-order valence-corrected chi connectivity index (χ0v) is 10.0. The zero-order valence-electron chi connectivity index (χ0n) is 8.44. The number of benzene rings is 1. The van der Waals surface area contributed by atoms with Crippen LogP contribution in [-0.4, -0.2) is 18.2 Å². The van der Waals surface area contributed by atoms with E-state index in [-0.39, 0.29) is 0 Å². The van der Waals surface area contributed by atoms with Crippen LogP contribution in [0.4, 0.5) is 0 Å². The van der Waals surface area contributed by atoms with Gasteiger partial charge in [0.25, 0.3) is 0 Å². The van der Waals surface area contributed by atoms with E-state index in [9.17, 15) is 4.79 Å². The van der Waals surface area contributed by atoms with Crippen molar-refractivity contribution < 1.29 is 14.1 Å². The average Bonchev–Trinajstić information content (AvgIpc) is 2.78. The predicted molar refractivity (Wildman–Crippen MR) is 61.0 cm³/mol. The number of esters is 1. The maximum atomic E-state index is 11.4. The van der Waals surface area contributed by atoms with Gasteiger partial charge in [0.05, 0.1) is 13.3 Å². The van der Waals surface area contributed by atoms with Crippen molar-refractivity contribution in [2.45, 2.75) is 0 Å². The molecule has 0 saturated carbocycles. The normalized spacial score (nSPS) is 10.1. The molecule has 0 N–H and O–H groups in total. The first-order valence-corrected chi connectivity index (χ1v) is 5.30. The number of halogens is 1. The summed E-state index contributed by atoms with van der Waals surface area (Å²) in [6.07, 6.45) is 1.35. The van der Waals surface area contributed by atoms with Crippen molar-refractivity contribution in [3.05, 3.63) is 40.5 Å². The van der Waals surface area contributed by atoms with Crippen molar-refractivity contribution in [2.75, 3.05) is 7.11 Å². The second kappa shape index (κ2) is 4.49. The van der Waals surface area contributed by atoms with Gasteiger partial charge >= 0.3 is 5.97 Å². The Labute approximate surface area is 100 Å². The Morgan fingerprint density at radius 1 is 1.38 bits per heavy atom. The molecular formula is C11H8BrNO3. The van der Waals surface area contributed by atoms with Gasteiger partial charge in [-0.05, 0) is 24.3 Å².